The maximum absolute atomic E-state index is 11.3. The van der Waals surface area contributed by atoms with E-state index in [1.54, 1.807) is 12.1 Å². The second-order valence-electron chi connectivity index (χ2n) is 4.66. The Balaban J connectivity index is 2.30. The lowest BCUT2D eigenvalue weighted by Gasteiger charge is -2.38. The molecule has 4 nitrogen and oxygen atoms in total. The van der Waals surface area contributed by atoms with Gasteiger partial charge in [0.15, 0.2) is 0 Å². The Kier molecular flexibility index (Phi) is 4.20. The summed E-state index contributed by atoms with van der Waals surface area (Å²) in [5, 5.41) is 12.6. The average Bonchev–Trinajstić information content (AvgIpc) is 2.40. The van der Waals surface area contributed by atoms with Crippen LogP contribution in [0.5, 0.6) is 0 Å². The Morgan fingerprint density at radius 2 is 2.28 bits per heavy atom. The first kappa shape index (κ1) is 12.9. The molecule has 1 atom stereocenters. The summed E-state index contributed by atoms with van der Waals surface area (Å²) in [7, 11) is 0. The second-order valence-corrected chi connectivity index (χ2v) is 4.66. The quantitative estimate of drug-likeness (QED) is 0.855. The number of hydrogen-bond acceptors (Lipinski definition) is 3. The third-order valence-electron chi connectivity index (χ3n) is 3.42. The van der Waals surface area contributed by atoms with Gasteiger partial charge in [0.1, 0.15) is 0 Å². The van der Waals surface area contributed by atoms with Crippen molar-refractivity contribution in [3.05, 3.63) is 29.8 Å². The zero-order valence-corrected chi connectivity index (χ0v) is 10.7. The van der Waals surface area contributed by atoms with Crippen LogP contribution in [-0.4, -0.2) is 36.8 Å². The van der Waals surface area contributed by atoms with Crippen LogP contribution in [0.1, 0.15) is 30.1 Å². The van der Waals surface area contributed by atoms with Gasteiger partial charge in [-0.3, -0.25) is 0 Å². The fourth-order valence-electron chi connectivity index (χ4n) is 2.57. The number of piperazine rings is 1. The molecule has 1 fully saturated rings. The first-order valence-electron chi connectivity index (χ1n) is 6.53. The van der Waals surface area contributed by atoms with Crippen molar-refractivity contribution in [1.29, 1.82) is 0 Å². The van der Waals surface area contributed by atoms with Gasteiger partial charge in [0.2, 0.25) is 0 Å². The molecule has 1 aromatic rings. The normalized spacial score (nSPS) is 19.8. The Hall–Kier alpha value is -1.55. The summed E-state index contributed by atoms with van der Waals surface area (Å²) in [6.07, 6.45) is 2.19. The van der Waals surface area contributed by atoms with Crippen LogP contribution >= 0.6 is 0 Å². The molecule has 2 rings (SSSR count). The summed E-state index contributed by atoms with van der Waals surface area (Å²) in [5.74, 6) is -0.848. The number of carboxylic acid groups (broad SMARTS) is 1. The van der Waals surface area contributed by atoms with Crippen LogP contribution in [0.3, 0.4) is 0 Å². The van der Waals surface area contributed by atoms with Crippen molar-refractivity contribution in [3.63, 3.8) is 0 Å². The monoisotopic (exact) mass is 248 g/mol. The average molecular weight is 248 g/mol. The number of carbonyl (C=O) groups is 1. The number of nitrogens with zero attached hydrogens (tertiary/aromatic N) is 1. The molecule has 1 aliphatic rings. The topological polar surface area (TPSA) is 52.6 Å². The van der Waals surface area contributed by atoms with Crippen molar-refractivity contribution in [2.45, 2.75) is 25.8 Å². The Bertz CT molecular complexity index is 418. The van der Waals surface area contributed by atoms with Crippen LogP contribution in [0.4, 0.5) is 5.69 Å². The van der Waals surface area contributed by atoms with E-state index < -0.39 is 5.97 Å². The maximum atomic E-state index is 11.3. The summed E-state index contributed by atoms with van der Waals surface area (Å²) in [6, 6.07) is 7.68. The van der Waals surface area contributed by atoms with Gasteiger partial charge in [-0.1, -0.05) is 25.5 Å². The highest BCUT2D eigenvalue weighted by Gasteiger charge is 2.24. The molecule has 1 aliphatic heterocycles. The SMILES string of the molecule is CCC[C@H]1CNCCN1c1ccccc1C(=O)O. The predicted molar refractivity (Wildman–Crippen MR) is 72.3 cm³/mol. The summed E-state index contributed by atoms with van der Waals surface area (Å²) in [6.45, 7) is 4.88. The molecule has 0 saturated carbocycles. The molecule has 0 unspecified atom stereocenters. The van der Waals surface area contributed by atoms with Gasteiger partial charge in [-0.25, -0.2) is 4.79 Å². The van der Waals surface area contributed by atoms with E-state index in [2.05, 4.69) is 17.1 Å². The highest BCUT2D eigenvalue weighted by molar-refractivity contribution is 5.94. The predicted octanol–water partition coefficient (Wildman–Crippen LogP) is 1.96. The van der Waals surface area contributed by atoms with E-state index in [-0.39, 0.29) is 0 Å². The van der Waals surface area contributed by atoms with Gasteiger partial charge in [-0.15, -0.1) is 0 Å². The highest BCUT2D eigenvalue weighted by atomic mass is 16.4. The molecule has 0 bridgehead atoms. The minimum Gasteiger partial charge on any atom is -0.478 e. The van der Waals surface area contributed by atoms with Gasteiger partial charge in [0, 0.05) is 25.7 Å². The van der Waals surface area contributed by atoms with Crippen LogP contribution in [-0.2, 0) is 0 Å². The minimum absolute atomic E-state index is 0.393. The lowest BCUT2D eigenvalue weighted by atomic mass is 10.0. The van der Waals surface area contributed by atoms with Crippen molar-refractivity contribution < 1.29 is 9.90 Å². The molecule has 98 valence electrons. The van der Waals surface area contributed by atoms with Gasteiger partial charge in [0.05, 0.1) is 11.3 Å². The molecule has 0 spiro atoms. The lowest BCUT2D eigenvalue weighted by Crippen LogP contribution is -2.51. The standard InChI is InChI=1S/C14H20N2O2/c1-2-5-11-10-15-8-9-16(11)13-7-4-3-6-12(13)14(17)18/h3-4,6-7,11,15H,2,5,8-10H2,1H3,(H,17,18)/t11-/m0/s1. The van der Waals surface area contributed by atoms with E-state index in [0.29, 0.717) is 11.6 Å². The summed E-state index contributed by atoms with van der Waals surface area (Å²) in [5.41, 5.74) is 1.26. The Morgan fingerprint density at radius 3 is 3.00 bits per heavy atom. The summed E-state index contributed by atoms with van der Waals surface area (Å²) < 4.78 is 0. The number of aromatic carboxylic acids is 1. The first-order chi connectivity index (χ1) is 8.74. The van der Waals surface area contributed by atoms with E-state index in [9.17, 15) is 9.90 Å². The van der Waals surface area contributed by atoms with Crippen molar-refractivity contribution in [1.82, 2.24) is 5.32 Å². The van der Waals surface area contributed by atoms with Crippen molar-refractivity contribution >= 4 is 11.7 Å². The second kappa shape index (κ2) is 5.87. The maximum Gasteiger partial charge on any atom is 0.337 e. The lowest BCUT2D eigenvalue weighted by molar-refractivity contribution is 0.0697. The minimum atomic E-state index is -0.848. The van der Waals surface area contributed by atoms with Gasteiger partial charge in [-0.05, 0) is 18.6 Å². The number of benzene rings is 1. The molecule has 0 amide bonds. The van der Waals surface area contributed by atoms with E-state index in [4.69, 9.17) is 0 Å². The van der Waals surface area contributed by atoms with Crippen LogP contribution in [0, 0.1) is 0 Å². The molecule has 0 radical (unpaired) electrons. The van der Waals surface area contributed by atoms with E-state index in [1.807, 2.05) is 12.1 Å². The molecular weight excluding hydrogens is 228 g/mol. The van der Waals surface area contributed by atoms with Crippen molar-refractivity contribution in [3.8, 4) is 0 Å². The number of nitrogens with one attached hydrogen (secondary N) is 1. The van der Waals surface area contributed by atoms with Gasteiger partial charge >= 0.3 is 5.97 Å². The van der Waals surface area contributed by atoms with Crippen LogP contribution in [0.25, 0.3) is 0 Å². The van der Waals surface area contributed by atoms with E-state index >= 15 is 0 Å². The molecule has 1 heterocycles. The van der Waals surface area contributed by atoms with Crippen LogP contribution in [0.2, 0.25) is 0 Å². The summed E-state index contributed by atoms with van der Waals surface area (Å²) >= 11 is 0. The largest absolute Gasteiger partial charge is 0.478 e. The number of anilines is 1. The zero-order valence-electron chi connectivity index (χ0n) is 10.7. The molecule has 2 N–H and O–H groups in total. The Labute approximate surface area is 108 Å². The van der Waals surface area contributed by atoms with E-state index in [0.717, 1.165) is 38.2 Å². The van der Waals surface area contributed by atoms with Crippen molar-refractivity contribution in [2.75, 3.05) is 24.5 Å². The smallest absolute Gasteiger partial charge is 0.337 e. The van der Waals surface area contributed by atoms with Crippen LogP contribution in [0.15, 0.2) is 24.3 Å². The highest BCUT2D eigenvalue weighted by Crippen LogP contribution is 2.25. The number of para-hydroxylation sites is 1. The van der Waals surface area contributed by atoms with Crippen molar-refractivity contribution in [2.24, 2.45) is 0 Å². The van der Waals surface area contributed by atoms with Gasteiger partial charge < -0.3 is 15.3 Å². The zero-order chi connectivity index (χ0) is 13.0. The third kappa shape index (κ3) is 2.64. The Morgan fingerprint density at radius 1 is 1.50 bits per heavy atom. The van der Waals surface area contributed by atoms with Gasteiger partial charge in [-0.2, -0.15) is 0 Å². The van der Waals surface area contributed by atoms with E-state index in [1.165, 1.54) is 0 Å². The number of rotatable bonds is 4. The summed E-state index contributed by atoms with van der Waals surface area (Å²) in [4.78, 5) is 13.5. The molecule has 0 aromatic heterocycles. The molecule has 1 saturated heterocycles. The fraction of sp³-hybridized carbons (Fsp3) is 0.500. The third-order valence-corrected chi connectivity index (χ3v) is 3.42. The molecular formula is C14H20N2O2. The fourth-order valence-corrected chi connectivity index (χ4v) is 2.57. The molecule has 0 aliphatic carbocycles. The van der Waals surface area contributed by atoms with Crippen LogP contribution < -0.4 is 10.2 Å². The number of hydrogen-bond donors (Lipinski definition) is 2. The van der Waals surface area contributed by atoms with Gasteiger partial charge in [0.25, 0.3) is 0 Å². The number of carboxylic acids is 1. The molecule has 4 heteroatoms. The first-order valence-corrected chi connectivity index (χ1v) is 6.53. The molecule has 1 aromatic carbocycles. The molecule has 18 heavy (non-hydrogen) atoms.